The molecule has 0 radical (unpaired) electrons. The fraction of sp³-hybridized carbons (Fsp3) is 1.00. The molecule has 4 heteroatoms. The van der Waals surface area contributed by atoms with Crippen LogP contribution < -0.4 is 5.32 Å². The maximum absolute atomic E-state index is 5.60. The minimum Gasteiger partial charge on any atom is -0.381 e. The van der Waals surface area contributed by atoms with E-state index in [1.54, 1.807) is 0 Å². The van der Waals surface area contributed by atoms with E-state index in [4.69, 9.17) is 9.47 Å². The third-order valence-corrected chi connectivity index (χ3v) is 4.02. The van der Waals surface area contributed by atoms with Crippen molar-refractivity contribution in [3.05, 3.63) is 0 Å². The maximum Gasteiger partial charge on any atom is 0.0702 e. The van der Waals surface area contributed by atoms with Crippen molar-refractivity contribution in [3.63, 3.8) is 0 Å². The Bertz CT molecular complexity index is 219. The van der Waals surface area contributed by atoms with E-state index in [0.717, 1.165) is 45.8 Å². The van der Waals surface area contributed by atoms with Crippen LogP contribution in [0.15, 0.2) is 0 Å². The molecule has 2 fully saturated rings. The van der Waals surface area contributed by atoms with Crippen LogP contribution in [0, 0.1) is 0 Å². The second-order valence-electron chi connectivity index (χ2n) is 5.25. The topological polar surface area (TPSA) is 33.7 Å². The van der Waals surface area contributed by atoms with Crippen LogP contribution in [0.5, 0.6) is 0 Å². The lowest BCUT2D eigenvalue weighted by atomic mass is 10.1. The van der Waals surface area contributed by atoms with Crippen LogP contribution in [0.4, 0.5) is 0 Å². The third-order valence-electron chi connectivity index (χ3n) is 4.02. The first kappa shape index (κ1) is 13.3. The Kier molecular flexibility index (Phi) is 5.22. The van der Waals surface area contributed by atoms with Gasteiger partial charge in [-0.1, -0.05) is 0 Å². The van der Waals surface area contributed by atoms with Crippen LogP contribution >= 0.6 is 0 Å². The van der Waals surface area contributed by atoms with Crippen LogP contribution in [-0.4, -0.2) is 63.0 Å². The first-order valence-corrected chi connectivity index (χ1v) is 6.90. The molecule has 2 unspecified atom stereocenters. The molecule has 2 saturated heterocycles. The molecule has 2 rings (SSSR count). The summed E-state index contributed by atoms with van der Waals surface area (Å²) in [5.74, 6) is 0. The lowest BCUT2D eigenvalue weighted by molar-refractivity contribution is 0.0729. The van der Waals surface area contributed by atoms with E-state index in [1.165, 1.54) is 6.42 Å². The van der Waals surface area contributed by atoms with Gasteiger partial charge in [-0.05, 0) is 33.2 Å². The lowest BCUT2D eigenvalue weighted by Crippen LogP contribution is -2.43. The Labute approximate surface area is 105 Å². The maximum atomic E-state index is 5.60. The minimum atomic E-state index is 0.392. The molecule has 0 bridgehead atoms. The van der Waals surface area contributed by atoms with Gasteiger partial charge in [-0.3, -0.25) is 4.90 Å². The highest BCUT2D eigenvalue weighted by molar-refractivity contribution is 4.81. The summed E-state index contributed by atoms with van der Waals surface area (Å²) in [7, 11) is 2.21. The fourth-order valence-corrected chi connectivity index (χ4v) is 2.81. The number of ether oxygens (including phenoxy) is 2. The average molecular weight is 242 g/mol. The highest BCUT2D eigenvalue weighted by atomic mass is 16.5. The predicted octanol–water partition coefficient (Wildman–Crippen LogP) is 0.864. The van der Waals surface area contributed by atoms with Gasteiger partial charge in [0.25, 0.3) is 0 Å². The Balaban J connectivity index is 1.60. The molecule has 0 aromatic carbocycles. The van der Waals surface area contributed by atoms with Crippen LogP contribution in [0.1, 0.15) is 26.2 Å². The minimum absolute atomic E-state index is 0.392. The molecule has 0 aromatic heterocycles. The second kappa shape index (κ2) is 6.69. The van der Waals surface area contributed by atoms with Gasteiger partial charge in [0, 0.05) is 45.0 Å². The van der Waals surface area contributed by atoms with Gasteiger partial charge in [-0.25, -0.2) is 0 Å². The SMILES string of the molecule is CC1OCCC1N(C)CCNC1CCOCC1. The van der Waals surface area contributed by atoms with E-state index in [-0.39, 0.29) is 0 Å². The Hall–Kier alpha value is -0.160. The van der Waals surface area contributed by atoms with E-state index < -0.39 is 0 Å². The van der Waals surface area contributed by atoms with Crippen molar-refractivity contribution < 1.29 is 9.47 Å². The van der Waals surface area contributed by atoms with Crippen LogP contribution in [-0.2, 0) is 9.47 Å². The summed E-state index contributed by atoms with van der Waals surface area (Å²) in [5.41, 5.74) is 0. The molecular formula is C13H26N2O2. The fourth-order valence-electron chi connectivity index (χ4n) is 2.81. The molecule has 2 aliphatic heterocycles. The molecule has 0 amide bonds. The lowest BCUT2D eigenvalue weighted by Gasteiger charge is -2.28. The van der Waals surface area contributed by atoms with Crippen LogP contribution in [0.3, 0.4) is 0 Å². The molecule has 0 saturated carbocycles. The van der Waals surface area contributed by atoms with Crippen LogP contribution in [0.25, 0.3) is 0 Å². The summed E-state index contributed by atoms with van der Waals surface area (Å²) in [5, 5.41) is 3.63. The van der Waals surface area contributed by atoms with Crippen molar-refractivity contribution in [2.75, 3.05) is 40.0 Å². The molecule has 0 spiro atoms. The molecule has 2 aliphatic rings. The zero-order valence-corrected chi connectivity index (χ0v) is 11.2. The highest BCUT2D eigenvalue weighted by Gasteiger charge is 2.27. The standard InChI is InChI=1S/C13H26N2O2/c1-11-13(5-10-17-11)15(2)7-6-14-12-3-8-16-9-4-12/h11-14H,3-10H2,1-2H3. The van der Waals surface area contributed by atoms with Gasteiger partial charge < -0.3 is 14.8 Å². The second-order valence-corrected chi connectivity index (χ2v) is 5.25. The van der Waals surface area contributed by atoms with E-state index >= 15 is 0 Å². The molecule has 1 N–H and O–H groups in total. The number of likely N-dealkylation sites (N-methyl/N-ethyl adjacent to an activating group) is 1. The van der Waals surface area contributed by atoms with E-state index in [2.05, 4.69) is 24.2 Å². The molecule has 4 nitrogen and oxygen atoms in total. The molecule has 2 heterocycles. The smallest absolute Gasteiger partial charge is 0.0702 e. The number of hydrogen-bond acceptors (Lipinski definition) is 4. The largest absolute Gasteiger partial charge is 0.381 e. The van der Waals surface area contributed by atoms with Gasteiger partial charge in [0.05, 0.1) is 6.10 Å². The van der Waals surface area contributed by atoms with Crippen molar-refractivity contribution in [2.45, 2.75) is 44.4 Å². The monoisotopic (exact) mass is 242 g/mol. The first-order valence-electron chi connectivity index (χ1n) is 6.90. The zero-order valence-electron chi connectivity index (χ0n) is 11.2. The Morgan fingerprint density at radius 2 is 1.94 bits per heavy atom. The van der Waals surface area contributed by atoms with E-state index in [1.807, 2.05) is 0 Å². The van der Waals surface area contributed by atoms with Crippen molar-refractivity contribution in [3.8, 4) is 0 Å². The van der Waals surface area contributed by atoms with Gasteiger partial charge in [0.2, 0.25) is 0 Å². The molecule has 2 atom stereocenters. The summed E-state index contributed by atoms with van der Waals surface area (Å²) < 4.78 is 11.0. The Morgan fingerprint density at radius 1 is 1.18 bits per heavy atom. The highest BCUT2D eigenvalue weighted by Crippen LogP contribution is 2.17. The summed E-state index contributed by atoms with van der Waals surface area (Å²) in [6.07, 6.45) is 3.89. The van der Waals surface area contributed by atoms with Crippen molar-refractivity contribution >= 4 is 0 Å². The van der Waals surface area contributed by atoms with Gasteiger partial charge in [-0.2, -0.15) is 0 Å². The molecule has 0 aliphatic carbocycles. The van der Waals surface area contributed by atoms with Gasteiger partial charge >= 0.3 is 0 Å². The number of nitrogens with zero attached hydrogens (tertiary/aromatic N) is 1. The molecule has 17 heavy (non-hydrogen) atoms. The van der Waals surface area contributed by atoms with Gasteiger partial charge in [-0.15, -0.1) is 0 Å². The van der Waals surface area contributed by atoms with Gasteiger partial charge in [0.1, 0.15) is 0 Å². The summed E-state index contributed by atoms with van der Waals surface area (Å²) >= 11 is 0. The molecule has 0 aromatic rings. The zero-order chi connectivity index (χ0) is 12.1. The summed E-state index contributed by atoms with van der Waals surface area (Å²) in [6.45, 7) is 7.12. The summed E-state index contributed by atoms with van der Waals surface area (Å²) in [4.78, 5) is 2.43. The summed E-state index contributed by atoms with van der Waals surface area (Å²) in [6, 6.07) is 1.26. The van der Waals surface area contributed by atoms with E-state index in [9.17, 15) is 0 Å². The van der Waals surface area contributed by atoms with Crippen molar-refractivity contribution in [2.24, 2.45) is 0 Å². The van der Waals surface area contributed by atoms with Crippen molar-refractivity contribution in [1.82, 2.24) is 10.2 Å². The number of hydrogen-bond donors (Lipinski definition) is 1. The number of rotatable bonds is 5. The van der Waals surface area contributed by atoms with E-state index in [0.29, 0.717) is 18.2 Å². The van der Waals surface area contributed by atoms with Crippen molar-refractivity contribution in [1.29, 1.82) is 0 Å². The predicted molar refractivity (Wildman–Crippen MR) is 68.3 cm³/mol. The Morgan fingerprint density at radius 3 is 2.59 bits per heavy atom. The van der Waals surface area contributed by atoms with Crippen LogP contribution in [0.2, 0.25) is 0 Å². The normalized spacial score (nSPS) is 31.2. The third kappa shape index (κ3) is 3.91. The number of nitrogens with one attached hydrogen (secondary N) is 1. The quantitative estimate of drug-likeness (QED) is 0.775. The molecular weight excluding hydrogens is 216 g/mol. The average Bonchev–Trinajstić information content (AvgIpc) is 2.77. The first-order chi connectivity index (χ1) is 8.27. The van der Waals surface area contributed by atoms with Gasteiger partial charge in [0.15, 0.2) is 0 Å². The molecule has 100 valence electrons.